The molecule has 0 amide bonds. The number of aliphatic hydroxyl groups is 1. The van der Waals surface area contributed by atoms with Gasteiger partial charge in [-0.1, -0.05) is 46.1 Å². The number of esters is 2. The number of ether oxygens (including phenoxy) is 2. The molecule has 2 saturated carbocycles. The zero-order chi connectivity index (χ0) is 22.5. The summed E-state index contributed by atoms with van der Waals surface area (Å²) < 4.78 is 11.0. The lowest BCUT2D eigenvalue weighted by Crippen LogP contribution is -2.45. The van der Waals surface area contributed by atoms with Crippen molar-refractivity contribution in [1.29, 1.82) is 0 Å². The Morgan fingerprint density at radius 3 is 2.27 bits per heavy atom. The van der Waals surface area contributed by atoms with Gasteiger partial charge < -0.3 is 14.6 Å². The molecule has 2 aliphatic carbocycles. The van der Waals surface area contributed by atoms with Crippen molar-refractivity contribution in [2.24, 2.45) is 16.7 Å². The van der Waals surface area contributed by atoms with E-state index in [1.54, 1.807) is 32.0 Å². The molecule has 3 atom stereocenters. The number of hydrogen-bond acceptors (Lipinski definition) is 5. The molecule has 0 saturated heterocycles. The minimum atomic E-state index is -1.21. The SMILES string of the molecule is C=C(C)C(=O)OCc1cccc(OC(=O)C(=C)C)c1[C@@]1(O)C[C@H]2CC[C@]1(C)C2(C)C. The van der Waals surface area contributed by atoms with Crippen molar-refractivity contribution in [3.05, 3.63) is 53.6 Å². The second-order valence-corrected chi connectivity index (χ2v) is 9.67. The number of rotatable bonds is 6. The Morgan fingerprint density at radius 1 is 1.13 bits per heavy atom. The largest absolute Gasteiger partial charge is 0.457 e. The van der Waals surface area contributed by atoms with E-state index in [1.807, 2.05) is 0 Å². The summed E-state index contributed by atoms with van der Waals surface area (Å²) in [4.78, 5) is 24.3. The first-order valence-electron chi connectivity index (χ1n) is 10.4. The van der Waals surface area contributed by atoms with Crippen molar-refractivity contribution in [2.75, 3.05) is 0 Å². The minimum Gasteiger partial charge on any atom is -0.457 e. The fourth-order valence-corrected chi connectivity index (χ4v) is 5.36. The van der Waals surface area contributed by atoms with Gasteiger partial charge in [0.05, 0.1) is 5.60 Å². The molecular weight excluding hydrogens is 380 g/mol. The lowest BCUT2D eigenvalue weighted by atomic mass is 9.61. The maximum Gasteiger partial charge on any atom is 0.338 e. The van der Waals surface area contributed by atoms with Crippen molar-refractivity contribution < 1.29 is 24.2 Å². The van der Waals surface area contributed by atoms with Crippen molar-refractivity contribution in [1.82, 2.24) is 0 Å². The maximum absolute atomic E-state index is 12.3. The van der Waals surface area contributed by atoms with E-state index < -0.39 is 23.0 Å². The van der Waals surface area contributed by atoms with Gasteiger partial charge in [0.25, 0.3) is 0 Å². The van der Waals surface area contributed by atoms with Crippen LogP contribution in [0.3, 0.4) is 0 Å². The van der Waals surface area contributed by atoms with Crippen LogP contribution >= 0.6 is 0 Å². The van der Waals surface area contributed by atoms with E-state index in [0.29, 0.717) is 34.8 Å². The van der Waals surface area contributed by atoms with E-state index in [0.717, 1.165) is 12.8 Å². The van der Waals surface area contributed by atoms with Crippen molar-refractivity contribution in [3.8, 4) is 5.75 Å². The molecule has 2 bridgehead atoms. The zero-order valence-corrected chi connectivity index (χ0v) is 18.6. The normalized spacial score (nSPS) is 28.8. The predicted molar refractivity (Wildman–Crippen MR) is 115 cm³/mol. The summed E-state index contributed by atoms with van der Waals surface area (Å²) in [5.41, 5.74) is 0.0221. The molecular formula is C25H32O5. The summed E-state index contributed by atoms with van der Waals surface area (Å²) in [6.45, 7) is 16.9. The highest BCUT2D eigenvalue weighted by Gasteiger charge is 2.69. The monoisotopic (exact) mass is 412 g/mol. The highest BCUT2D eigenvalue weighted by Crippen LogP contribution is 2.73. The van der Waals surface area contributed by atoms with Crippen LogP contribution in [0, 0.1) is 16.7 Å². The standard InChI is InChI=1S/C25H32O5/c1-15(2)21(26)29-14-17-9-8-10-19(30-22(27)16(3)4)20(17)25(28)13-18-11-12-24(25,7)23(18,5)6/h8-10,18,28H,1,3,11-14H2,2,4-7H3/t18-,24-,25+/m1/s1. The molecule has 1 aromatic carbocycles. The van der Waals surface area contributed by atoms with E-state index in [9.17, 15) is 14.7 Å². The molecule has 0 unspecified atom stereocenters. The molecule has 0 spiro atoms. The molecule has 30 heavy (non-hydrogen) atoms. The molecule has 5 heteroatoms. The molecule has 0 aromatic heterocycles. The van der Waals surface area contributed by atoms with E-state index in [1.165, 1.54) is 0 Å². The average Bonchev–Trinajstić information content (AvgIpc) is 2.97. The number of carbonyl (C=O) groups excluding carboxylic acids is 2. The van der Waals surface area contributed by atoms with Crippen LogP contribution < -0.4 is 4.74 Å². The van der Waals surface area contributed by atoms with Gasteiger partial charge in [0, 0.05) is 22.1 Å². The van der Waals surface area contributed by atoms with Crippen molar-refractivity contribution >= 4 is 11.9 Å². The third-order valence-electron chi connectivity index (χ3n) is 7.67. The molecule has 0 aliphatic heterocycles. The highest BCUT2D eigenvalue weighted by atomic mass is 16.5. The van der Waals surface area contributed by atoms with E-state index in [4.69, 9.17) is 9.47 Å². The van der Waals surface area contributed by atoms with Crippen LogP contribution in [-0.4, -0.2) is 17.0 Å². The highest BCUT2D eigenvalue weighted by molar-refractivity contribution is 5.89. The summed E-state index contributed by atoms with van der Waals surface area (Å²) in [6.07, 6.45) is 2.49. The third-order valence-corrected chi connectivity index (χ3v) is 7.67. The summed E-state index contributed by atoms with van der Waals surface area (Å²) in [5, 5.41) is 12.2. The summed E-state index contributed by atoms with van der Waals surface area (Å²) >= 11 is 0. The van der Waals surface area contributed by atoms with Gasteiger partial charge in [-0.25, -0.2) is 9.59 Å². The van der Waals surface area contributed by atoms with Crippen LogP contribution in [0.1, 0.15) is 65.0 Å². The Bertz CT molecular complexity index is 927. The fourth-order valence-electron chi connectivity index (χ4n) is 5.36. The van der Waals surface area contributed by atoms with E-state index in [2.05, 4.69) is 33.9 Å². The van der Waals surface area contributed by atoms with Gasteiger partial charge in [-0.05, 0) is 56.1 Å². The Hall–Kier alpha value is -2.40. The average molecular weight is 413 g/mol. The van der Waals surface area contributed by atoms with Crippen LogP contribution in [0.5, 0.6) is 5.75 Å². The van der Waals surface area contributed by atoms with Gasteiger partial charge in [-0.3, -0.25) is 0 Å². The van der Waals surface area contributed by atoms with Gasteiger partial charge in [0.15, 0.2) is 0 Å². The van der Waals surface area contributed by atoms with Gasteiger partial charge >= 0.3 is 11.9 Å². The predicted octanol–water partition coefficient (Wildman–Crippen LogP) is 4.82. The number of hydrogen-bond donors (Lipinski definition) is 1. The quantitative estimate of drug-likeness (QED) is 0.412. The third kappa shape index (κ3) is 3.20. The van der Waals surface area contributed by atoms with Crippen LogP contribution in [0.25, 0.3) is 0 Å². The first kappa shape index (κ1) is 22.3. The maximum atomic E-state index is 12.3. The Morgan fingerprint density at radius 2 is 1.77 bits per heavy atom. The number of benzene rings is 1. The summed E-state index contributed by atoms with van der Waals surface area (Å²) in [6, 6.07) is 5.22. The molecule has 2 fully saturated rings. The summed E-state index contributed by atoms with van der Waals surface area (Å²) in [5.74, 6) is -0.414. The Balaban J connectivity index is 2.12. The zero-order valence-electron chi connectivity index (χ0n) is 18.6. The van der Waals surface area contributed by atoms with Crippen LogP contribution in [0.4, 0.5) is 0 Å². The minimum absolute atomic E-state index is 0.0387. The summed E-state index contributed by atoms with van der Waals surface area (Å²) in [7, 11) is 0. The second kappa shape index (κ2) is 7.38. The lowest BCUT2D eigenvalue weighted by Gasteiger charge is -2.46. The molecule has 5 nitrogen and oxygen atoms in total. The molecule has 1 aromatic rings. The van der Waals surface area contributed by atoms with Gasteiger partial charge in [0.2, 0.25) is 0 Å². The van der Waals surface area contributed by atoms with Crippen LogP contribution in [0.2, 0.25) is 0 Å². The van der Waals surface area contributed by atoms with Crippen LogP contribution in [0.15, 0.2) is 42.5 Å². The number of fused-ring (bicyclic) bond motifs is 2. The first-order valence-corrected chi connectivity index (χ1v) is 10.4. The molecule has 3 rings (SSSR count). The van der Waals surface area contributed by atoms with E-state index >= 15 is 0 Å². The van der Waals surface area contributed by atoms with Gasteiger partial charge in [-0.15, -0.1) is 0 Å². The second-order valence-electron chi connectivity index (χ2n) is 9.67. The van der Waals surface area contributed by atoms with Gasteiger partial charge in [-0.2, -0.15) is 0 Å². The van der Waals surface area contributed by atoms with E-state index in [-0.39, 0.29) is 17.6 Å². The molecule has 1 N–H and O–H groups in total. The smallest absolute Gasteiger partial charge is 0.338 e. The molecule has 162 valence electrons. The molecule has 2 aliphatic rings. The number of carbonyl (C=O) groups is 2. The lowest BCUT2D eigenvalue weighted by molar-refractivity contribution is -0.140. The first-order chi connectivity index (χ1) is 13.8. The van der Waals surface area contributed by atoms with Crippen molar-refractivity contribution in [2.45, 2.75) is 66.1 Å². The van der Waals surface area contributed by atoms with Crippen LogP contribution in [-0.2, 0) is 26.5 Å². The Kier molecular flexibility index (Phi) is 5.48. The van der Waals surface area contributed by atoms with Crippen molar-refractivity contribution in [3.63, 3.8) is 0 Å². The molecule has 0 heterocycles. The topological polar surface area (TPSA) is 72.8 Å². The molecule has 0 radical (unpaired) electrons. The Labute approximate surface area is 178 Å². The van der Waals surface area contributed by atoms with Gasteiger partial charge in [0.1, 0.15) is 12.4 Å². The fraction of sp³-hybridized carbons (Fsp3) is 0.520.